The molecule has 0 aromatic heterocycles. The SMILES string of the molecule is C=C(OC(C)(C)C)N1CC(=NCCc2ccccc2)C1. The Bertz CT molecular complexity index is 477. The third-order valence-corrected chi connectivity index (χ3v) is 3.10. The molecule has 0 N–H and O–H groups in total. The number of hydrogen-bond donors (Lipinski definition) is 0. The lowest BCUT2D eigenvalue weighted by atomic mass is 10.1. The quantitative estimate of drug-likeness (QED) is 0.769. The van der Waals surface area contributed by atoms with Crippen LogP contribution >= 0.6 is 0 Å². The second-order valence-corrected chi connectivity index (χ2v) is 6.15. The largest absolute Gasteiger partial charge is 0.474 e. The number of hydrogen-bond acceptors (Lipinski definition) is 3. The van der Waals surface area contributed by atoms with Gasteiger partial charge in [0.2, 0.25) is 0 Å². The smallest absolute Gasteiger partial charge is 0.183 e. The molecule has 2 rings (SSSR count). The number of rotatable bonds is 5. The molecule has 0 saturated carbocycles. The summed E-state index contributed by atoms with van der Waals surface area (Å²) in [6, 6.07) is 10.5. The first-order valence-corrected chi connectivity index (χ1v) is 7.13. The van der Waals surface area contributed by atoms with Gasteiger partial charge in [0.25, 0.3) is 0 Å². The Balaban J connectivity index is 1.71. The molecule has 0 spiro atoms. The van der Waals surface area contributed by atoms with Crippen molar-refractivity contribution in [1.29, 1.82) is 0 Å². The van der Waals surface area contributed by atoms with E-state index in [2.05, 4.69) is 40.7 Å². The molecule has 108 valence electrons. The van der Waals surface area contributed by atoms with Crippen molar-refractivity contribution in [2.24, 2.45) is 4.99 Å². The van der Waals surface area contributed by atoms with E-state index in [1.54, 1.807) is 0 Å². The summed E-state index contributed by atoms with van der Waals surface area (Å²) >= 11 is 0. The van der Waals surface area contributed by atoms with Crippen molar-refractivity contribution in [2.75, 3.05) is 19.6 Å². The molecule has 1 aromatic carbocycles. The molecular weight excluding hydrogens is 248 g/mol. The van der Waals surface area contributed by atoms with Crippen molar-refractivity contribution in [3.63, 3.8) is 0 Å². The highest BCUT2D eigenvalue weighted by atomic mass is 16.5. The average molecular weight is 272 g/mol. The van der Waals surface area contributed by atoms with Crippen LogP contribution in [0.15, 0.2) is 47.8 Å². The van der Waals surface area contributed by atoms with E-state index >= 15 is 0 Å². The van der Waals surface area contributed by atoms with Gasteiger partial charge in [-0.25, -0.2) is 0 Å². The minimum Gasteiger partial charge on any atom is -0.474 e. The molecule has 1 aliphatic rings. The molecule has 0 amide bonds. The van der Waals surface area contributed by atoms with Crippen LogP contribution in [0.1, 0.15) is 26.3 Å². The average Bonchev–Trinajstić information content (AvgIpc) is 2.31. The molecule has 1 aliphatic heterocycles. The van der Waals surface area contributed by atoms with Gasteiger partial charge in [0, 0.05) is 6.54 Å². The van der Waals surface area contributed by atoms with Crippen LogP contribution < -0.4 is 0 Å². The van der Waals surface area contributed by atoms with Crippen molar-refractivity contribution < 1.29 is 4.74 Å². The molecule has 1 fully saturated rings. The van der Waals surface area contributed by atoms with Crippen molar-refractivity contribution in [2.45, 2.75) is 32.8 Å². The number of aliphatic imine (C=N–C) groups is 1. The zero-order valence-electron chi connectivity index (χ0n) is 12.7. The Morgan fingerprint density at radius 3 is 2.50 bits per heavy atom. The van der Waals surface area contributed by atoms with Crippen molar-refractivity contribution in [3.8, 4) is 0 Å². The lowest BCUT2D eigenvalue weighted by Crippen LogP contribution is -2.48. The molecule has 1 aromatic rings. The van der Waals surface area contributed by atoms with Gasteiger partial charge in [0.1, 0.15) is 5.60 Å². The zero-order chi connectivity index (χ0) is 14.6. The first kappa shape index (κ1) is 14.6. The number of ether oxygens (including phenoxy) is 1. The summed E-state index contributed by atoms with van der Waals surface area (Å²) in [5, 5.41) is 0. The number of likely N-dealkylation sites (tertiary alicyclic amines) is 1. The second-order valence-electron chi connectivity index (χ2n) is 6.15. The summed E-state index contributed by atoms with van der Waals surface area (Å²) in [5.41, 5.74) is 2.39. The van der Waals surface area contributed by atoms with E-state index in [0.29, 0.717) is 0 Å². The third kappa shape index (κ3) is 4.41. The highest BCUT2D eigenvalue weighted by molar-refractivity contribution is 5.93. The fourth-order valence-corrected chi connectivity index (χ4v) is 2.08. The summed E-state index contributed by atoms with van der Waals surface area (Å²) in [4.78, 5) is 6.75. The minimum absolute atomic E-state index is 0.183. The molecule has 0 atom stereocenters. The first-order chi connectivity index (χ1) is 9.44. The van der Waals surface area contributed by atoms with Gasteiger partial charge >= 0.3 is 0 Å². The summed E-state index contributed by atoms with van der Waals surface area (Å²) in [6.45, 7) is 12.6. The van der Waals surface area contributed by atoms with Crippen LogP contribution in [0.3, 0.4) is 0 Å². The highest BCUT2D eigenvalue weighted by Gasteiger charge is 2.26. The van der Waals surface area contributed by atoms with Crippen molar-refractivity contribution >= 4 is 5.71 Å². The molecule has 0 radical (unpaired) electrons. The fourth-order valence-electron chi connectivity index (χ4n) is 2.08. The zero-order valence-corrected chi connectivity index (χ0v) is 12.7. The molecule has 0 unspecified atom stereocenters. The monoisotopic (exact) mass is 272 g/mol. The first-order valence-electron chi connectivity index (χ1n) is 7.13. The maximum atomic E-state index is 5.74. The maximum Gasteiger partial charge on any atom is 0.183 e. The van der Waals surface area contributed by atoms with Crippen LogP contribution in [0.2, 0.25) is 0 Å². The van der Waals surface area contributed by atoms with Crippen LogP contribution in [0.5, 0.6) is 0 Å². The van der Waals surface area contributed by atoms with Crippen molar-refractivity contribution in [1.82, 2.24) is 4.90 Å². The standard InChI is InChI=1S/C17H24N2O/c1-14(20-17(2,3)4)19-12-16(13-19)18-11-10-15-8-6-5-7-9-15/h5-9H,1,10-13H2,2-4H3. The van der Waals surface area contributed by atoms with Crippen LogP contribution in [0.4, 0.5) is 0 Å². The highest BCUT2D eigenvalue weighted by Crippen LogP contribution is 2.19. The van der Waals surface area contributed by atoms with Gasteiger partial charge in [-0.3, -0.25) is 4.99 Å². The Morgan fingerprint density at radius 1 is 1.25 bits per heavy atom. The van der Waals surface area contributed by atoms with E-state index in [-0.39, 0.29) is 5.60 Å². The number of benzene rings is 1. The predicted molar refractivity (Wildman–Crippen MR) is 84.0 cm³/mol. The Hall–Kier alpha value is -1.77. The van der Waals surface area contributed by atoms with E-state index in [9.17, 15) is 0 Å². The van der Waals surface area contributed by atoms with Gasteiger partial charge in [0.05, 0.1) is 18.8 Å². The molecule has 0 aliphatic carbocycles. The van der Waals surface area contributed by atoms with Crippen LogP contribution in [-0.4, -0.2) is 35.8 Å². The molecule has 3 nitrogen and oxygen atoms in total. The van der Waals surface area contributed by atoms with Crippen molar-refractivity contribution in [3.05, 3.63) is 48.4 Å². The van der Waals surface area contributed by atoms with E-state index in [4.69, 9.17) is 4.74 Å². The third-order valence-electron chi connectivity index (χ3n) is 3.10. The summed E-state index contributed by atoms with van der Waals surface area (Å²) in [6.07, 6.45) is 1.00. The Labute approximate surface area is 122 Å². The second kappa shape index (κ2) is 6.12. The van der Waals surface area contributed by atoms with Gasteiger partial charge in [-0.2, -0.15) is 0 Å². The molecular formula is C17H24N2O. The van der Waals surface area contributed by atoms with E-state index in [1.807, 2.05) is 26.8 Å². The van der Waals surface area contributed by atoms with Gasteiger partial charge in [-0.15, -0.1) is 0 Å². The molecule has 20 heavy (non-hydrogen) atoms. The lowest BCUT2D eigenvalue weighted by Gasteiger charge is -2.38. The Morgan fingerprint density at radius 2 is 1.90 bits per heavy atom. The lowest BCUT2D eigenvalue weighted by molar-refractivity contribution is 0.00479. The molecule has 0 bridgehead atoms. The minimum atomic E-state index is -0.183. The van der Waals surface area contributed by atoms with Crippen LogP contribution in [0, 0.1) is 0 Å². The van der Waals surface area contributed by atoms with Crippen LogP contribution in [0.25, 0.3) is 0 Å². The molecule has 1 saturated heterocycles. The van der Waals surface area contributed by atoms with E-state index in [0.717, 1.165) is 31.9 Å². The predicted octanol–water partition coefficient (Wildman–Crippen LogP) is 3.27. The van der Waals surface area contributed by atoms with E-state index < -0.39 is 0 Å². The summed E-state index contributed by atoms with van der Waals surface area (Å²) < 4.78 is 5.74. The maximum absolute atomic E-state index is 5.74. The molecule has 1 heterocycles. The summed E-state index contributed by atoms with van der Waals surface area (Å²) in [5.74, 6) is 0.750. The van der Waals surface area contributed by atoms with Gasteiger partial charge in [-0.05, 0) is 39.3 Å². The van der Waals surface area contributed by atoms with Crippen LogP contribution in [-0.2, 0) is 11.2 Å². The number of nitrogens with zero attached hydrogens (tertiary/aromatic N) is 2. The molecule has 3 heteroatoms. The summed E-state index contributed by atoms with van der Waals surface area (Å²) in [7, 11) is 0. The van der Waals surface area contributed by atoms with E-state index in [1.165, 1.54) is 11.3 Å². The Kier molecular flexibility index (Phi) is 4.48. The van der Waals surface area contributed by atoms with Gasteiger partial charge < -0.3 is 9.64 Å². The van der Waals surface area contributed by atoms with Gasteiger partial charge in [-0.1, -0.05) is 30.3 Å². The van der Waals surface area contributed by atoms with Gasteiger partial charge in [0.15, 0.2) is 5.88 Å². The normalized spacial score (nSPS) is 14.8. The topological polar surface area (TPSA) is 24.8 Å². The fraction of sp³-hybridized carbons (Fsp3) is 0.471.